The third kappa shape index (κ3) is 5.48. The summed E-state index contributed by atoms with van der Waals surface area (Å²) in [4.78, 5) is 41.3. The van der Waals surface area contributed by atoms with Gasteiger partial charge in [-0.15, -0.1) is 11.3 Å². The Balaban J connectivity index is 1.43. The molecule has 168 valence electrons. The second-order valence-electron chi connectivity index (χ2n) is 8.23. The summed E-state index contributed by atoms with van der Waals surface area (Å²) >= 11 is 2.65. The van der Waals surface area contributed by atoms with E-state index >= 15 is 0 Å². The van der Waals surface area contributed by atoms with Gasteiger partial charge >= 0.3 is 5.97 Å². The number of carboxylic acid groups (broad SMARTS) is 1. The Morgan fingerprint density at radius 2 is 2.10 bits per heavy atom. The predicted molar refractivity (Wildman–Crippen MR) is 120 cm³/mol. The van der Waals surface area contributed by atoms with Gasteiger partial charge in [0.1, 0.15) is 4.70 Å². The van der Waals surface area contributed by atoms with E-state index in [1.54, 1.807) is 4.57 Å². The van der Waals surface area contributed by atoms with Crippen LogP contribution < -0.4 is 10.9 Å². The summed E-state index contributed by atoms with van der Waals surface area (Å²) in [6.07, 6.45) is 4.91. The lowest BCUT2D eigenvalue weighted by atomic mass is 9.82. The number of thioether (sulfide) groups is 1. The molecule has 10 heteroatoms. The molecule has 31 heavy (non-hydrogen) atoms. The molecule has 1 unspecified atom stereocenters. The minimum atomic E-state index is -0.734. The van der Waals surface area contributed by atoms with E-state index in [1.165, 1.54) is 23.1 Å². The molecule has 1 atom stereocenters. The van der Waals surface area contributed by atoms with Crippen LogP contribution in [-0.4, -0.2) is 51.5 Å². The van der Waals surface area contributed by atoms with Crippen LogP contribution in [0.25, 0.3) is 10.2 Å². The minimum absolute atomic E-state index is 0.0809. The number of carbonyl (C=O) groups is 2. The van der Waals surface area contributed by atoms with E-state index in [9.17, 15) is 19.5 Å². The van der Waals surface area contributed by atoms with Crippen LogP contribution in [-0.2, 0) is 20.9 Å². The largest absolute Gasteiger partial charge is 0.481 e. The molecule has 1 saturated carbocycles. The molecular weight excluding hydrogens is 438 g/mol. The molecule has 8 nitrogen and oxygen atoms in total. The van der Waals surface area contributed by atoms with Gasteiger partial charge in [-0.25, -0.2) is 4.98 Å². The molecule has 0 radical (unpaired) electrons. The Hall–Kier alpha value is -1.91. The van der Waals surface area contributed by atoms with E-state index in [1.807, 2.05) is 11.4 Å². The number of carbonyl (C=O) groups excluding carboxylic acids is 1. The predicted octanol–water partition coefficient (Wildman–Crippen LogP) is 2.74. The van der Waals surface area contributed by atoms with E-state index < -0.39 is 5.97 Å². The molecule has 4 rings (SSSR count). The maximum absolute atomic E-state index is 13.1. The third-order valence-corrected chi connectivity index (χ3v) is 7.92. The van der Waals surface area contributed by atoms with E-state index in [0.717, 1.165) is 32.3 Å². The SMILES string of the molecule is O=C(CSc1nc2ccsc2c(=O)n1CC1CCC(C(=O)O)CC1)NCC1CCCO1. The molecule has 3 heterocycles. The van der Waals surface area contributed by atoms with E-state index in [2.05, 4.69) is 10.3 Å². The summed E-state index contributed by atoms with van der Waals surface area (Å²) in [6.45, 7) is 1.77. The Bertz CT molecular complexity index is 991. The smallest absolute Gasteiger partial charge is 0.306 e. The molecule has 0 aromatic carbocycles. The maximum Gasteiger partial charge on any atom is 0.306 e. The first-order chi connectivity index (χ1) is 15.0. The Kier molecular flexibility index (Phi) is 7.29. The summed E-state index contributed by atoms with van der Waals surface area (Å²) in [5.41, 5.74) is 0.575. The lowest BCUT2D eigenvalue weighted by Crippen LogP contribution is -2.33. The van der Waals surface area contributed by atoms with Crippen molar-refractivity contribution in [3.05, 3.63) is 21.8 Å². The standard InChI is InChI=1S/C21H27N3O5S2/c25-17(22-10-15-2-1-8-29-15)12-31-21-23-16-7-9-30-18(16)19(26)24(21)11-13-3-5-14(6-4-13)20(27)28/h7,9,13-15H,1-6,8,10-12H2,(H,22,25)(H,27,28). The van der Waals surface area contributed by atoms with Gasteiger partial charge in [-0.05, 0) is 55.9 Å². The summed E-state index contributed by atoms with van der Waals surface area (Å²) in [7, 11) is 0. The van der Waals surface area contributed by atoms with Crippen molar-refractivity contribution in [3.8, 4) is 0 Å². The Labute approximate surface area is 188 Å². The summed E-state index contributed by atoms with van der Waals surface area (Å²) in [5.74, 6) is -0.704. The number of rotatable bonds is 8. The number of ether oxygens (including phenoxy) is 1. The van der Waals surface area contributed by atoms with Gasteiger partial charge in [0, 0.05) is 19.7 Å². The van der Waals surface area contributed by atoms with Crippen LogP contribution in [0.15, 0.2) is 21.4 Å². The number of amides is 1. The fourth-order valence-corrected chi connectivity index (χ4v) is 5.88. The molecule has 1 aliphatic carbocycles. The number of carboxylic acids is 1. The van der Waals surface area contributed by atoms with Crippen LogP contribution in [0.4, 0.5) is 0 Å². The van der Waals surface area contributed by atoms with Crippen molar-refractivity contribution >= 4 is 45.2 Å². The second-order valence-corrected chi connectivity index (χ2v) is 10.1. The van der Waals surface area contributed by atoms with Gasteiger partial charge in [0.15, 0.2) is 5.16 Å². The number of nitrogens with one attached hydrogen (secondary N) is 1. The number of aromatic nitrogens is 2. The molecule has 1 saturated heterocycles. The van der Waals surface area contributed by atoms with Crippen LogP contribution in [0.3, 0.4) is 0 Å². The fraction of sp³-hybridized carbons (Fsp3) is 0.619. The normalized spacial score (nSPS) is 23.8. The van der Waals surface area contributed by atoms with Crippen LogP contribution in [0.5, 0.6) is 0 Å². The molecule has 0 bridgehead atoms. The van der Waals surface area contributed by atoms with E-state index in [-0.39, 0.29) is 35.2 Å². The third-order valence-electron chi connectivity index (χ3n) is 6.05. The Morgan fingerprint density at radius 3 is 2.81 bits per heavy atom. The van der Waals surface area contributed by atoms with E-state index in [0.29, 0.717) is 41.3 Å². The van der Waals surface area contributed by atoms with Crippen LogP contribution in [0.1, 0.15) is 38.5 Å². The van der Waals surface area contributed by atoms with Gasteiger partial charge in [-0.2, -0.15) is 0 Å². The summed E-state index contributed by atoms with van der Waals surface area (Å²) in [6, 6.07) is 1.82. The van der Waals surface area contributed by atoms with Gasteiger partial charge in [0.2, 0.25) is 5.91 Å². The average molecular weight is 466 g/mol. The zero-order valence-electron chi connectivity index (χ0n) is 17.2. The van der Waals surface area contributed by atoms with Gasteiger partial charge < -0.3 is 15.2 Å². The summed E-state index contributed by atoms with van der Waals surface area (Å²) < 4.78 is 7.83. The van der Waals surface area contributed by atoms with Gasteiger partial charge in [-0.3, -0.25) is 19.0 Å². The van der Waals surface area contributed by atoms with Crippen LogP contribution in [0, 0.1) is 11.8 Å². The van der Waals surface area contributed by atoms with Crippen molar-refractivity contribution in [1.82, 2.24) is 14.9 Å². The first-order valence-electron chi connectivity index (χ1n) is 10.7. The molecule has 1 aliphatic heterocycles. The zero-order chi connectivity index (χ0) is 21.8. The van der Waals surface area contributed by atoms with Crippen molar-refractivity contribution in [3.63, 3.8) is 0 Å². The number of nitrogens with zero attached hydrogens (tertiary/aromatic N) is 2. The maximum atomic E-state index is 13.1. The molecule has 2 N–H and O–H groups in total. The van der Waals surface area contributed by atoms with Gasteiger partial charge in [0.05, 0.1) is 23.3 Å². The number of fused-ring (bicyclic) bond motifs is 1. The zero-order valence-corrected chi connectivity index (χ0v) is 18.9. The van der Waals surface area contributed by atoms with Crippen LogP contribution in [0.2, 0.25) is 0 Å². The van der Waals surface area contributed by atoms with Crippen molar-refractivity contribution < 1.29 is 19.4 Å². The average Bonchev–Trinajstić information content (AvgIpc) is 3.45. The quantitative estimate of drug-likeness (QED) is 0.456. The van der Waals surface area contributed by atoms with Crippen molar-refractivity contribution in [2.45, 2.75) is 56.3 Å². The molecule has 1 amide bonds. The highest BCUT2D eigenvalue weighted by Gasteiger charge is 2.27. The Morgan fingerprint density at radius 1 is 1.29 bits per heavy atom. The number of hydrogen-bond acceptors (Lipinski definition) is 7. The second kappa shape index (κ2) is 10.1. The molecule has 0 spiro atoms. The molecule has 2 fully saturated rings. The number of hydrogen-bond donors (Lipinski definition) is 2. The molecule has 2 aromatic heterocycles. The molecular formula is C21H27N3O5S2. The highest BCUT2D eigenvalue weighted by atomic mass is 32.2. The highest BCUT2D eigenvalue weighted by molar-refractivity contribution is 7.99. The monoisotopic (exact) mass is 465 g/mol. The summed E-state index contributed by atoms with van der Waals surface area (Å²) in [5, 5.41) is 14.5. The van der Waals surface area contributed by atoms with Crippen molar-refractivity contribution in [2.24, 2.45) is 11.8 Å². The van der Waals surface area contributed by atoms with Crippen LogP contribution >= 0.6 is 23.1 Å². The highest BCUT2D eigenvalue weighted by Crippen LogP contribution is 2.31. The lowest BCUT2D eigenvalue weighted by Gasteiger charge is -2.27. The van der Waals surface area contributed by atoms with Gasteiger partial charge in [-0.1, -0.05) is 11.8 Å². The van der Waals surface area contributed by atoms with Crippen molar-refractivity contribution in [2.75, 3.05) is 18.9 Å². The van der Waals surface area contributed by atoms with Crippen molar-refractivity contribution in [1.29, 1.82) is 0 Å². The number of aliphatic carboxylic acids is 1. The molecule has 2 aromatic rings. The van der Waals surface area contributed by atoms with E-state index in [4.69, 9.17) is 4.74 Å². The fourth-order valence-electron chi connectivity index (χ4n) is 4.26. The molecule has 2 aliphatic rings. The number of thiophene rings is 1. The lowest BCUT2D eigenvalue weighted by molar-refractivity contribution is -0.143. The topological polar surface area (TPSA) is 111 Å². The minimum Gasteiger partial charge on any atom is -0.481 e. The first-order valence-corrected chi connectivity index (χ1v) is 12.6. The van der Waals surface area contributed by atoms with Gasteiger partial charge in [0.25, 0.3) is 5.56 Å². The first kappa shape index (κ1) is 22.3.